The molecule has 2 aromatic carbocycles. The summed E-state index contributed by atoms with van der Waals surface area (Å²) < 4.78 is 6.02. The first-order chi connectivity index (χ1) is 11.1. The van der Waals surface area contributed by atoms with E-state index in [1.54, 1.807) is 13.2 Å². The number of hydrogen-bond donors (Lipinski definition) is 2. The summed E-state index contributed by atoms with van der Waals surface area (Å²) in [6, 6.07) is 11.3. The fourth-order valence-corrected chi connectivity index (χ4v) is 3.28. The molecule has 0 saturated heterocycles. The topological polar surface area (TPSA) is 60.2 Å². The van der Waals surface area contributed by atoms with Crippen LogP contribution in [-0.4, -0.2) is 12.1 Å². The molecule has 3 rings (SSSR count). The Hall–Kier alpha value is -1.76. The van der Waals surface area contributed by atoms with Crippen molar-refractivity contribution in [1.29, 1.82) is 0 Å². The minimum atomic E-state index is 0.551. The molecule has 7 heteroatoms. The summed E-state index contributed by atoms with van der Waals surface area (Å²) in [4.78, 5) is 4.58. The Morgan fingerprint density at radius 3 is 2.78 bits per heavy atom. The third-order valence-corrected chi connectivity index (χ3v) is 4.97. The number of nitrogens with zero attached hydrogens (tertiary/aromatic N) is 1. The van der Waals surface area contributed by atoms with Crippen LogP contribution in [0, 0.1) is 0 Å². The Balaban J connectivity index is 1.81. The molecule has 4 nitrogen and oxygen atoms in total. The summed E-state index contributed by atoms with van der Waals surface area (Å²) >= 11 is 11.0. The van der Waals surface area contributed by atoms with Crippen LogP contribution in [0.1, 0.15) is 0 Å². The zero-order valence-electron chi connectivity index (χ0n) is 12.1. The molecule has 23 heavy (non-hydrogen) atoms. The maximum Gasteiger partial charge on any atom is 0.187 e. The van der Waals surface area contributed by atoms with E-state index in [0.29, 0.717) is 16.5 Å². The lowest BCUT2D eigenvalue weighted by Gasteiger charge is -2.06. The van der Waals surface area contributed by atoms with Gasteiger partial charge in [-0.1, -0.05) is 17.7 Å². The number of ether oxygens (including phenoxy) is 1. The molecule has 0 unspecified atom stereocenters. The molecular weight excluding hydrogens is 398 g/mol. The number of halogens is 2. The first-order valence-corrected chi connectivity index (χ1v) is 8.73. The van der Waals surface area contributed by atoms with Crippen LogP contribution in [0.3, 0.4) is 0 Å². The van der Waals surface area contributed by atoms with Gasteiger partial charge in [0.2, 0.25) is 0 Å². The SMILES string of the molecule is COc1ccc(Nc2nc(-c3ccc(Br)c(N)c3)cs2)cc1Cl. The maximum absolute atomic E-state index is 6.13. The van der Waals surface area contributed by atoms with E-state index in [0.717, 1.165) is 26.5 Å². The van der Waals surface area contributed by atoms with Gasteiger partial charge in [-0.05, 0) is 46.3 Å². The highest BCUT2D eigenvalue weighted by atomic mass is 79.9. The first-order valence-electron chi connectivity index (χ1n) is 6.68. The summed E-state index contributed by atoms with van der Waals surface area (Å²) in [6.07, 6.45) is 0. The lowest BCUT2D eigenvalue weighted by Crippen LogP contribution is -1.91. The summed E-state index contributed by atoms with van der Waals surface area (Å²) in [5.74, 6) is 0.641. The number of benzene rings is 2. The molecule has 0 fully saturated rings. The number of hydrogen-bond acceptors (Lipinski definition) is 5. The van der Waals surface area contributed by atoms with Crippen molar-refractivity contribution in [3.8, 4) is 17.0 Å². The van der Waals surface area contributed by atoms with Crippen molar-refractivity contribution in [2.75, 3.05) is 18.2 Å². The maximum atomic E-state index is 6.13. The van der Waals surface area contributed by atoms with E-state index in [1.165, 1.54) is 11.3 Å². The molecule has 0 bridgehead atoms. The number of nitrogen functional groups attached to an aromatic ring is 1. The average Bonchev–Trinajstić information content (AvgIpc) is 2.99. The fourth-order valence-electron chi connectivity index (χ4n) is 2.03. The standard InChI is InChI=1S/C16H13BrClN3OS/c1-22-15-5-3-10(7-12(15)18)20-16-21-14(8-23-16)9-2-4-11(17)13(19)6-9/h2-8H,19H2,1H3,(H,20,21). The van der Waals surface area contributed by atoms with E-state index in [1.807, 2.05) is 35.7 Å². The summed E-state index contributed by atoms with van der Waals surface area (Å²) in [5, 5.41) is 6.55. The third kappa shape index (κ3) is 3.60. The van der Waals surface area contributed by atoms with Crippen LogP contribution < -0.4 is 15.8 Å². The van der Waals surface area contributed by atoms with Crippen molar-refractivity contribution in [2.24, 2.45) is 0 Å². The lowest BCUT2D eigenvalue weighted by molar-refractivity contribution is 0.415. The van der Waals surface area contributed by atoms with Crippen molar-refractivity contribution >= 4 is 55.4 Å². The van der Waals surface area contributed by atoms with E-state index in [2.05, 4.69) is 26.2 Å². The Morgan fingerprint density at radius 2 is 2.09 bits per heavy atom. The normalized spacial score (nSPS) is 10.6. The van der Waals surface area contributed by atoms with E-state index in [-0.39, 0.29) is 0 Å². The molecule has 0 atom stereocenters. The van der Waals surface area contributed by atoms with Gasteiger partial charge in [0.15, 0.2) is 5.13 Å². The van der Waals surface area contributed by atoms with Gasteiger partial charge in [0, 0.05) is 26.8 Å². The predicted octanol–water partition coefficient (Wildman–Crippen LogP) is 5.56. The van der Waals surface area contributed by atoms with Crippen molar-refractivity contribution in [3.63, 3.8) is 0 Å². The quantitative estimate of drug-likeness (QED) is 0.553. The summed E-state index contributed by atoms with van der Waals surface area (Å²) in [7, 11) is 1.59. The molecule has 3 aromatic rings. The Labute approximate surface area is 151 Å². The number of methoxy groups -OCH3 is 1. The second-order valence-corrected chi connectivity index (χ2v) is 6.87. The monoisotopic (exact) mass is 409 g/mol. The Bertz CT molecular complexity index is 853. The zero-order chi connectivity index (χ0) is 16.4. The fraction of sp³-hybridized carbons (Fsp3) is 0.0625. The van der Waals surface area contributed by atoms with Gasteiger partial charge in [0.25, 0.3) is 0 Å². The predicted molar refractivity (Wildman–Crippen MR) is 101 cm³/mol. The molecule has 3 N–H and O–H groups in total. The van der Waals surface area contributed by atoms with Gasteiger partial charge < -0.3 is 15.8 Å². The second-order valence-electron chi connectivity index (χ2n) is 4.75. The molecule has 0 saturated carbocycles. The first kappa shape index (κ1) is 16.1. The number of anilines is 3. The lowest BCUT2D eigenvalue weighted by atomic mass is 10.1. The molecule has 0 radical (unpaired) electrons. The smallest absolute Gasteiger partial charge is 0.187 e. The number of nitrogens with one attached hydrogen (secondary N) is 1. The molecule has 1 aromatic heterocycles. The van der Waals surface area contributed by atoms with Crippen LogP contribution in [0.25, 0.3) is 11.3 Å². The van der Waals surface area contributed by atoms with Gasteiger partial charge >= 0.3 is 0 Å². The van der Waals surface area contributed by atoms with E-state index < -0.39 is 0 Å². The van der Waals surface area contributed by atoms with Gasteiger partial charge in [-0.25, -0.2) is 4.98 Å². The van der Waals surface area contributed by atoms with Crippen LogP contribution in [0.15, 0.2) is 46.3 Å². The molecule has 0 spiro atoms. The number of rotatable bonds is 4. The molecule has 0 aliphatic carbocycles. The average molecular weight is 411 g/mol. The molecule has 0 aliphatic heterocycles. The van der Waals surface area contributed by atoms with Crippen LogP contribution in [0.4, 0.5) is 16.5 Å². The van der Waals surface area contributed by atoms with Crippen LogP contribution >= 0.6 is 38.9 Å². The van der Waals surface area contributed by atoms with Crippen molar-refractivity contribution < 1.29 is 4.74 Å². The highest BCUT2D eigenvalue weighted by Gasteiger charge is 2.08. The Morgan fingerprint density at radius 1 is 1.26 bits per heavy atom. The van der Waals surface area contributed by atoms with Crippen LogP contribution in [0.2, 0.25) is 5.02 Å². The highest BCUT2D eigenvalue weighted by molar-refractivity contribution is 9.10. The van der Waals surface area contributed by atoms with Crippen LogP contribution in [-0.2, 0) is 0 Å². The highest BCUT2D eigenvalue weighted by Crippen LogP contribution is 2.32. The Kier molecular flexibility index (Phi) is 4.75. The minimum absolute atomic E-state index is 0.551. The van der Waals surface area contributed by atoms with Gasteiger partial charge in [0.1, 0.15) is 5.75 Å². The van der Waals surface area contributed by atoms with Gasteiger partial charge in [0.05, 0.1) is 17.8 Å². The van der Waals surface area contributed by atoms with Gasteiger partial charge in [-0.3, -0.25) is 0 Å². The largest absolute Gasteiger partial charge is 0.495 e. The molecule has 1 heterocycles. The van der Waals surface area contributed by atoms with Crippen molar-refractivity contribution in [3.05, 3.63) is 51.3 Å². The number of thiazole rings is 1. The van der Waals surface area contributed by atoms with Crippen LogP contribution in [0.5, 0.6) is 5.75 Å². The minimum Gasteiger partial charge on any atom is -0.495 e. The number of nitrogens with two attached hydrogens (primary N) is 1. The zero-order valence-corrected chi connectivity index (χ0v) is 15.3. The molecular formula is C16H13BrClN3OS. The molecule has 0 amide bonds. The van der Waals surface area contributed by atoms with E-state index >= 15 is 0 Å². The van der Waals surface area contributed by atoms with Gasteiger partial charge in [-0.15, -0.1) is 11.3 Å². The van der Waals surface area contributed by atoms with Gasteiger partial charge in [-0.2, -0.15) is 0 Å². The van der Waals surface area contributed by atoms with E-state index in [4.69, 9.17) is 22.1 Å². The molecule has 0 aliphatic rings. The summed E-state index contributed by atoms with van der Waals surface area (Å²) in [5.41, 5.74) is 9.31. The van der Waals surface area contributed by atoms with Crippen molar-refractivity contribution in [2.45, 2.75) is 0 Å². The van der Waals surface area contributed by atoms with E-state index in [9.17, 15) is 0 Å². The van der Waals surface area contributed by atoms with Crippen molar-refractivity contribution in [1.82, 2.24) is 4.98 Å². The number of aromatic nitrogens is 1. The second kappa shape index (κ2) is 6.78. The summed E-state index contributed by atoms with van der Waals surface area (Å²) in [6.45, 7) is 0. The molecule has 118 valence electrons. The third-order valence-electron chi connectivity index (χ3n) is 3.20.